The van der Waals surface area contributed by atoms with Crippen molar-refractivity contribution in [3.63, 3.8) is 0 Å². The highest BCUT2D eigenvalue weighted by Gasteiger charge is 2.49. The molecule has 0 saturated carbocycles. The molecule has 35 heavy (non-hydrogen) atoms. The highest BCUT2D eigenvalue weighted by atomic mass is 15.5. The Morgan fingerprint density at radius 3 is 0.714 bits per heavy atom. The molecule has 0 radical (unpaired) electrons. The van der Waals surface area contributed by atoms with Crippen molar-refractivity contribution in [1.29, 1.82) is 0 Å². The summed E-state index contributed by atoms with van der Waals surface area (Å²) in [6.45, 7) is 28.5. The van der Waals surface area contributed by atoms with E-state index in [9.17, 15) is 0 Å². The molecule has 204 valence electrons. The Labute approximate surface area is 220 Å². The van der Waals surface area contributed by atoms with E-state index >= 15 is 0 Å². The molecule has 6 fully saturated rings. The molecule has 4 nitrogen and oxygen atoms in total. The van der Waals surface area contributed by atoms with Crippen LogP contribution in [0.25, 0.3) is 0 Å². The maximum atomic E-state index is 2.33. The second-order valence-electron chi connectivity index (χ2n) is 13.8. The van der Waals surface area contributed by atoms with Crippen LogP contribution in [-0.2, 0) is 0 Å². The lowest BCUT2D eigenvalue weighted by Crippen LogP contribution is -2.75. The third-order valence-electron chi connectivity index (χ3n) is 11.5. The third kappa shape index (κ3) is 7.45. The van der Waals surface area contributed by atoms with Gasteiger partial charge in [0, 0.05) is 0 Å². The summed E-state index contributed by atoms with van der Waals surface area (Å²) in [5.41, 5.74) is 0. The van der Waals surface area contributed by atoms with Crippen LogP contribution in [0.3, 0.4) is 0 Å². The predicted octanol–water partition coefficient (Wildman–Crippen LogP) is 5.42. The van der Waals surface area contributed by atoms with Gasteiger partial charge in [0.2, 0.25) is 0 Å². The number of fused-ring (bicyclic) bond motifs is 6. The average molecular weight is 493 g/mol. The number of rotatable bonds is 18. The van der Waals surface area contributed by atoms with Crippen molar-refractivity contribution < 1.29 is 17.9 Å². The molecule has 0 aliphatic carbocycles. The summed E-state index contributed by atoms with van der Waals surface area (Å²) in [5, 5.41) is 0. The minimum atomic E-state index is 1.37. The van der Waals surface area contributed by atoms with Crippen LogP contribution in [0.4, 0.5) is 0 Å². The van der Waals surface area contributed by atoms with Gasteiger partial charge in [-0.1, -0.05) is 52.4 Å². The number of unbranched alkanes of at least 4 members (excludes halogenated alkanes) is 10. The van der Waals surface area contributed by atoms with Gasteiger partial charge in [0.25, 0.3) is 0 Å². The smallest absolute Gasteiger partial charge is 0.129 e. The van der Waals surface area contributed by atoms with Crippen molar-refractivity contribution in [3.8, 4) is 0 Å². The van der Waals surface area contributed by atoms with Gasteiger partial charge in [0.1, 0.15) is 78.5 Å². The van der Waals surface area contributed by atoms with Crippen molar-refractivity contribution in [2.45, 2.75) is 97.3 Å². The molecule has 6 rings (SSSR count). The average Bonchev–Trinajstić information content (AvgIpc) is 2.91. The van der Waals surface area contributed by atoms with E-state index in [1.807, 2.05) is 0 Å². The number of hydrogen-bond acceptors (Lipinski definition) is 0. The van der Waals surface area contributed by atoms with Gasteiger partial charge in [-0.15, -0.1) is 0 Å². The van der Waals surface area contributed by atoms with E-state index in [1.54, 1.807) is 0 Å². The Kier molecular flexibility index (Phi) is 10.4. The van der Waals surface area contributed by atoms with Crippen LogP contribution in [-0.4, -0.2) is 123 Å². The zero-order valence-electron chi connectivity index (χ0n) is 24.3. The predicted molar refractivity (Wildman–Crippen MR) is 150 cm³/mol. The van der Waals surface area contributed by atoms with Crippen LogP contribution in [0.1, 0.15) is 97.3 Å². The molecular weight excluding hydrogens is 428 g/mol. The van der Waals surface area contributed by atoms with Crippen LogP contribution in [0.2, 0.25) is 0 Å². The van der Waals surface area contributed by atoms with Gasteiger partial charge in [0.15, 0.2) is 0 Å². The van der Waals surface area contributed by atoms with Crippen LogP contribution < -0.4 is 0 Å². The first-order chi connectivity index (χ1) is 17.1. The molecule has 0 aromatic rings. The SMILES string of the molecule is CCCCCCC[N+]12CC[N+](CCCCC[N+]34CC[N+](CCCCCCC)(CC3)CC4)(CC1)CC2. The Hall–Kier alpha value is -0.160. The van der Waals surface area contributed by atoms with E-state index in [0.717, 1.165) is 0 Å². The van der Waals surface area contributed by atoms with E-state index < -0.39 is 0 Å². The summed E-state index contributed by atoms with van der Waals surface area (Å²) in [5.74, 6) is 0. The van der Waals surface area contributed by atoms with Gasteiger partial charge in [0.05, 0.1) is 26.2 Å². The molecule has 6 heterocycles. The maximum Gasteiger partial charge on any atom is 0.129 e. The number of hydrogen-bond donors (Lipinski definition) is 0. The van der Waals surface area contributed by atoms with E-state index in [-0.39, 0.29) is 0 Å². The second kappa shape index (κ2) is 13.1. The minimum absolute atomic E-state index is 1.37. The molecule has 0 spiro atoms. The molecule has 0 atom stereocenters. The lowest BCUT2D eigenvalue weighted by molar-refractivity contribution is -1.08. The van der Waals surface area contributed by atoms with Crippen molar-refractivity contribution in [3.05, 3.63) is 0 Å². The van der Waals surface area contributed by atoms with Crippen LogP contribution in [0.15, 0.2) is 0 Å². The molecule has 0 unspecified atom stereocenters. The highest BCUT2D eigenvalue weighted by Crippen LogP contribution is 2.30. The molecular formula is C31H64N4+4. The summed E-state index contributed by atoms with van der Waals surface area (Å²) >= 11 is 0. The lowest BCUT2D eigenvalue weighted by Gasteiger charge is -2.56. The lowest BCUT2D eigenvalue weighted by atomic mass is 10.0. The van der Waals surface area contributed by atoms with Gasteiger partial charge in [-0.3, -0.25) is 0 Å². The number of quaternary nitrogens is 4. The van der Waals surface area contributed by atoms with Crippen molar-refractivity contribution in [2.24, 2.45) is 0 Å². The van der Waals surface area contributed by atoms with Crippen molar-refractivity contribution in [1.82, 2.24) is 0 Å². The summed E-state index contributed by atoms with van der Waals surface area (Å²) in [4.78, 5) is 0. The Bertz CT molecular complexity index is 516. The van der Waals surface area contributed by atoms with Gasteiger partial charge in [-0.2, -0.15) is 0 Å². The summed E-state index contributed by atoms with van der Waals surface area (Å²) in [7, 11) is 0. The maximum absolute atomic E-state index is 2.33. The normalized spacial score (nSPS) is 36.2. The minimum Gasteiger partial charge on any atom is -0.310 e. The third-order valence-corrected chi connectivity index (χ3v) is 11.5. The second-order valence-corrected chi connectivity index (χ2v) is 13.8. The molecule has 4 heteroatoms. The van der Waals surface area contributed by atoms with E-state index in [1.165, 1.54) is 206 Å². The summed E-state index contributed by atoms with van der Waals surface area (Å²) in [6.07, 6.45) is 19.0. The van der Waals surface area contributed by atoms with E-state index in [4.69, 9.17) is 0 Å². The summed E-state index contributed by atoms with van der Waals surface area (Å²) in [6, 6.07) is 0. The van der Waals surface area contributed by atoms with Gasteiger partial charge in [-0.25, -0.2) is 0 Å². The topological polar surface area (TPSA) is 0 Å². The van der Waals surface area contributed by atoms with Crippen LogP contribution in [0, 0.1) is 0 Å². The molecule has 6 saturated heterocycles. The van der Waals surface area contributed by atoms with Gasteiger partial charge in [-0.05, 0) is 44.9 Å². The zero-order chi connectivity index (χ0) is 24.5. The molecule has 0 amide bonds. The Morgan fingerprint density at radius 1 is 0.286 bits per heavy atom. The molecule has 4 bridgehead atoms. The molecule has 6 aliphatic heterocycles. The zero-order valence-corrected chi connectivity index (χ0v) is 24.3. The standard InChI is InChI=1S/C31H64N4/c1-3-5-7-9-12-16-32-20-26-34(27-21-32,28-22-32)18-14-11-15-19-35-29-23-33(24-30-35,25-31-35)17-13-10-8-6-4-2/h3-31H2,1-2H3/q+4. The van der Waals surface area contributed by atoms with E-state index in [0.29, 0.717) is 0 Å². The largest absolute Gasteiger partial charge is 0.310 e. The molecule has 6 aliphatic rings. The fourth-order valence-electron chi connectivity index (χ4n) is 8.40. The fraction of sp³-hybridized carbons (Fsp3) is 1.00. The fourth-order valence-corrected chi connectivity index (χ4v) is 8.40. The molecule has 0 aromatic carbocycles. The highest BCUT2D eigenvalue weighted by molar-refractivity contribution is 4.65. The van der Waals surface area contributed by atoms with Crippen LogP contribution >= 0.6 is 0 Å². The number of nitrogens with zero attached hydrogens (tertiary/aromatic N) is 4. The Morgan fingerprint density at radius 2 is 0.486 bits per heavy atom. The van der Waals surface area contributed by atoms with E-state index in [2.05, 4.69) is 13.8 Å². The first-order valence-electron chi connectivity index (χ1n) is 16.5. The molecule has 0 N–H and O–H groups in total. The Balaban J connectivity index is 1.07. The first-order valence-corrected chi connectivity index (χ1v) is 16.5. The van der Waals surface area contributed by atoms with Gasteiger partial charge >= 0.3 is 0 Å². The van der Waals surface area contributed by atoms with Gasteiger partial charge < -0.3 is 17.9 Å². The first kappa shape index (κ1) is 27.9. The van der Waals surface area contributed by atoms with Crippen LogP contribution in [0.5, 0.6) is 0 Å². The van der Waals surface area contributed by atoms with Crippen molar-refractivity contribution in [2.75, 3.05) is 105 Å². The monoisotopic (exact) mass is 493 g/mol. The number of piperazine rings is 6. The quantitative estimate of drug-likeness (QED) is 0.177. The van der Waals surface area contributed by atoms with Crippen molar-refractivity contribution >= 4 is 0 Å². The molecule has 0 aromatic heterocycles. The summed E-state index contributed by atoms with van der Waals surface area (Å²) < 4.78 is 5.97.